The number of nitro benzene ring substituents is 1. The normalized spacial score (nSPS) is 11.2. The number of nitro groups is 1. The second-order valence-electron chi connectivity index (χ2n) is 4.21. The summed E-state index contributed by atoms with van der Waals surface area (Å²) >= 11 is 0. The summed E-state index contributed by atoms with van der Waals surface area (Å²) in [5.41, 5.74) is 0.222. The van der Waals surface area contributed by atoms with Crippen LogP contribution in [-0.4, -0.2) is 9.91 Å². The Morgan fingerprint density at radius 3 is 2.29 bits per heavy atom. The molecule has 0 bridgehead atoms. The molecule has 0 amide bonds. The van der Waals surface area contributed by atoms with Crippen LogP contribution in [0.5, 0.6) is 0 Å². The average molecular weight is 297 g/mol. The molecule has 1 heterocycles. The van der Waals surface area contributed by atoms with Crippen molar-refractivity contribution in [3.05, 3.63) is 64.0 Å². The van der Waals surface area contributed by atoms with Gasteiger partial charge in [0.1, 0.15) is 5.69 Å². The smallest absolute Gasteiger partial charge is 0.380 e. The number of aromatic nitrogens is 1. The van der Waals surface area contributed by atoms with Gasteiger partial charge in [-0.1, -0.05) is 12.1 Å². The molecule has 0 saturated heterocycles. The lowest BCUT2D eigenvalue weighted by molar-refractivity contribution is -0.384. The van der Waals surface area contributed by atoms with Gasteiger partial charge in [0.2, 0.25) is 0 Å². The van der Waals surface area contributed by atoms with E-state index < -0.39 is 16.8 Å². The number of nitrogens with one attached hydrogen (secondary N) is 1. The van der Waals surface area contributed by atoms with Gasteiger partial charge in [0, 0.05) is 18.7 Å². The lowest BCUT2D eigenvalue weighted by atomic mass is 10.2. The Labute approximate surface area is 117 Å². The van der Waals surface area contributed by atoms with Crippen molar-refractivity contribution < 1.29 is 18.1 Å². The third-order valence-corrected chi connectivity index (χ3v) is 2.70. The van der Waals surface area contributed by atoms with E-state index in [4.69, 9.17) is 0 Å². The number of halogens is 3. The second kappa shape index (κ2) is 5.78. The van der Waals surface area contributed by atoms with Gasteiger partial charge in [-0.15, -0.1) is 0 Å². The van der Waals surface area contributed by atoms with Crippen molar-refractivity contribution in [3.8, 4) is 0 Å². The molecule has 0 saturated carbocycles. The van der Waals surface area contributed by atoms with E-state index in [1.54, 1.807) is 12.1 Å². The van der Waals surface area contributed by atoms with Gasteiger partial charge in [0.25, 0.3) is 5.69 Å². The number of alkyl halides is 3. The van der Waals surface area contributed by atoms with Gasteiger partial charge in [-0.25, -0.2) is 4.98 Å². The molecule has 0 aliphatic heterocycles. The third-order valence-electron chi connectivity index (χ3n) is 2.70. The summed E-state index contributed by atoms with van der Waals surface area (Å²) in [6.07, 6.45) is -3.37. The van der Waals surface area contributed by atoms with Crippen molar-refractivity contribution in [2.75, 3.05) is 5.32 Å². The summed E-state index contributed by atoms with van der Waals surface area (Å²) in [5.74, 6) is 0. The molecule has 1 N–H and O–H groups in total. The van der Waals surface area contributed by atoms with E-state index in [0.29, 0.717) is 12.2 Å². The van der Waals surface area contributed by atoms with E-state index in [1.807, 2.05) is 0 Å². The molecule has 2 aromatic rings. The molecule has 0 fully saturated rings. The van der Waals surface area contributed by atoms with E-state index >= 15 is 0 Å². The van der Waals surface area contributed by atoms with Crippen LogP contribution in [-0.2, 0) is 12.7 Å². The summed E-state index contributed by atoms with van der Waals surface area (Å²) in [4.78, 5) is 13.3. The monoisotopic (exact) mass is 297 g/mol. The molecular formula is C13H10F3N3O2. The number of hydrogen-bond donors (Lipinski definition) is 1. The Bertz CT molecular complexity index is 625. The highest BCUT2D eigenvalue weighted by Gasteiger charge is 2.31. The van der Waals surface area contributed by atoms with E-state index in [1.165, 1.54) is 18.2 Å². The van der Waals surface area contributed by atoms with Gasteiger partial charge in [-0.3, -0.25) is 10.1 Å². The minimum absolute atomic E-state index is 0.0186. The van der Waals surface area contributed by atoms with Crippen molar-refractivity contribution >= 4 is 11.4 Å². The number of rotatable bonds is 4. The molecule has 0 aliphatic rings. The molecule has 0 atom stereocenters. The predicted molar refractivity (Wildman–Crippen MR) is 69.7 cm³/mol. The summed E-state index contributed by atoms with van der Waals surface area (Å²) in [6, 6.07) is 8.04. The SMILES string of the molecule is O=[N+]([O-])c1ccc(CNc2ccc(C(F)(F)F)nc2)cc1. The zero-order valence-corrected chi connectivity index (χ0v) is 10.6. The van der Waals surface area contributed by atoms with Crippen LogP contribution in [0.4, 0.5) is 24.5 Å². The highest BCUT2D eigenvalue weighted by atomic mass is 19.4. The molecule has 0 aliphatic carbocycles. The fraction of sp³-hybridized carbons (Fsp3) is 0.154. The molecule has 0 spiro atoms. The zero-order valence-electron chi connectivity index (χ0n) is 10.6. The van der Waals surface area contributed by atoms with Crippen LogP contribution in [0.3, 0.4) is 0 Å². The fourth-order valence-electron chi connectivity index (χ4n) is 1.61. The molecular weight excluding hydrogens is 287 g/mol. The van der Waals surface area contributed by atoms with Crippen LogP contribution in [0.15, 0.2) is 42.6 Å². The van der Waals surface area contributed by atoms with Crippen molar-refractivity contribution in [2.45, 2.75) is 12.7 Å². The summed E-state index contributed by atoms with van der Waals surface area (Å²) in [5, 5.41) is 13.4. The average Bonchev–Trinajstić information content (AvgIpc) is 2.45. The van der Waals surface area contributed by atoms with Gasteiger partial charge >= 0.3 is 6.18 Å². The minimum Gasteiger partial charge on any atom is -0.380 e. The topological polar surface area (TPSA) is 68.1 Å². The maximum atomic E-state index is 12.3. The first kappa shape index (κ1) is 14.8. The Hall–Kier alpha value is -2.64. The summed E-state index contributed by atoms with van der Waals surface area (Å²) < 4.78 is 37.0. The van der Waals surface area contributed by atoms with Crippen molar-refractivity contribution in [3.63, 3.8) is 0 Å². The van der Waals surface area contributed by atoms with Crippen molar-refractivity contribution in [2.24, 2.45) is 0 Å². The van der Waals surface area contributed by atoms with E-state index in [-0.39, 0.29) is 5.69 Å². The van der Waals surface area contributed by atoms with Gasteiger partial charge in [0.15, 0.2) is 0 Å². The largest absolute Gasteiger partial charge is 0.433 e. The summed E-state index contributed by atoms with van der Waals surface area (Å²) in [7, 11) is 0. The van der Waals surface area contributed by atoms with Crippen LogP contribution in [0.2, 0.25) is 0 Å². The Balaban J connectivity index is 1.98. The number of hydrogen-bond acceptors (Lipinski definition) is 4. The minimum atomic E-state index is -4.46. The van der Waals surface area contributed by atoms with Gasteiger partial charge in [-0.05, 0) is 17.7 Å². The molecule has 21 heavy (non-hydrogen) atoms. The van der Waals surface area contributed by atoms with E-state index in [9.17, 15) is 23.3 Å². The maximum Gasteiger partial charge on any atom is 0.433 e. The fourth-order valence-corrected chi connectivity index (χ4v) is 1.61. The standard InChI is InChI=1S/C13H10F3N3O2/c14-13(15,16)12-6-3-10(8-18-12)17-7-9-1-4-11(5-2-9)19(20)21/h1-6,8,17H,7H2. The van der Waals surface area contributed by atoms with Gasteiger partial charge in [-0.2, -0.15) is 13.2 Å². The third kappa shape index (κ3) is 3.91. The molecule has 110 valence electrons. The van der Waals surface area contributed by atoms with Gasteiger partial charge in [0.05, 0.1) is 16.8 Å². The van der Waals surface area contributed by atoms with E-state index in [0.717, 1.165) is 17.8 Å². The van der Waals surface area contributed by atoms with Crippen molar-refractivity contribution in [1.82, 2.24) is 4.98 Å². The van der Waals surface area contributed by atoms with Crippen LogP contribution < -0.4 is 5.32 Å². The lowest BCUT2D eigenvalue weighted by Crippen LogP contribution is -2.08. The molecule has 8 heteroatoms. The maximum absolute atomic E-state index is 12.3. The first-order valence-electron chi connectivity index (χ1n) is 5.87. The first-order valence-corrected chi connectivity index (χ1v) is 5.87. The summed E-state index contributed by atoms with van der Waals surface area (Å²) in [6.45, 7) is 0.324. The van der Waals surface area contributed by atoms with Crippen LogP contribution in [0, 0.1) is 10.1 Å². The number of benzene rings is 1. The van der Waals surface area contributed by atoms with E-state index in [2.05, 4.69) is 10.3 Å². The highest BCUT2D eigenvalue weighted by molar-refractivity contribution is 5.43. The number of anilines is 1. The number of non-ortho nitro benzene ring substituents is 1. The van der Waals surface area contributed by atoms with Crippen LogP contribution in [0.25, 0.3) is 0 Å². The molecule has 0 unspecified atom stereocenters. The van der Waals surface area contributed by atoms with Gasteiger partial charge < -0.3 is 5.32 Å². The Morgan fingerprint density at radius 1 is 1.14 bits per heavy atom. The predicted octanol–water partition coefficient (Wildman–Crippen LogP) is 3.62. The zero-order chi connectivity index (χ0) is 15.5. The number of nitrogens with zero attached hydrogens (tertiary/aromatic N) is 2. The van der Waals surface area contributed by atoms with Crippen LogP contribution >= 0.6 is 0 Å². The molecule has 1 aromatic heterocycles. The number of pyridine rings is 1. The first-order chi connectivity index (χ1) is 9.86. The highest BCUT2D eigenvalue weighted by Crippen LogP contribution is 2.27. The molecule has 5 nitrogen and oxygen atoms in total. The molecule has 1 aromatic carbocycles. The Morgan fingerprint density at radius 2 is 1.81 bits per heavy atom. The quantitative estimate of drug-likeness (QED) is 0.691. The van der Waals surface area contributed by atoms with Crippen LogP contribution in [0.1, 0.15) is 11.3 Å². The lowest BCUT2D eigenvalue weighted by Gasteiger charge is -2.08. The molecule has 0 radical (unpaired) electrons. The van der Waals surface area contributed by atoms with Crippen molar-refractivity contribution in [1.29, 1.82) is 0 Å². The Kier molecular flexibility index (Phi) is 4.06. The second-order valence-corrected chi connectivity index (χ2v) is 4.21. The molecule has 2 rings (SSSR count).